The number of nitrogens with zero attached hydrogens (tertiary/aromatic N) is 4. The van der Waals surface area contributed by atoms with Gasteiger partial charge in [-0.25, -0.2) is 9.97 Å². The third kappa shape index (κ3) is 8.72. The summed E-state index contributed by atoms with van der Waals surface area (Å²) in [5, 5.41) is 11.8. The maximum Gasteiger partial charge on any atom is 0.251 e. The largest absolute Gasteiger partial charge is 0.382 e. The molecule has 5 aromatic rings. The Morgan fingerprint density at radius 2 is 1.39 bits per heavy atom. The van der Waals surface area contributed by atoms with E-state index in [1.165, 1.54) is 0 Å². The van der Waals surface area contributed by atoms with Crippen LogP contribution in [-0.2, 0) is 29.2 Å². The Balaban J connectivity index is 1.18. The Morgan fingerprint density at radius 1 is 0.739 bits per heavy atom. The van der Waals surface area contributed by atoms with Crippen LogP contribution in [0, 0.1) is 0 Å². The highest BCUT2D eigenvalue weighted by Gasteiger charge is 2.22. The Labute approximate surface area is 265 Å². The SMILES string of the molecule is Nc1nc(N)c2nc(CNc3ccc(C(=O)N[C@@H](CCC(=O)NCc4ccccc4)C(=O)NCc4ccccc4)cc3)cnc2n1. The summed E-state index contributed by atoms with van der Waals surface area (Å²) in [6, 6.07) is 24.8. The zero-order valence-corrected chi connectivity index (χ0v) is 24.9. The van der Waals surface area contributed by atoms with Crippen LogP contribution in [0.1, 0.15) is 40.0 Å². The summed E-state index contributed by atoms with van der Waals surface area (Å²) >= 11 is 0. The van der Waals surface area contributed by atoms with Gasteiger partial charge in [0.05, 0.1) is 18.4 Å². The first kappa shape index (κ1) is 31.3. The van der Waals surface area contributed by atoms with Crippen LogP contribution in [0.25, 0.3) is 11.2 Å². The van der Waals surface area contributed by atoms with Gasteiger partial charge in [-0.05, 0) is 41.8 Å². The van der Waals surface area contributed by atoms with Gasteiger partial charge in [0.25, 0.3) is 5.91 Å². The maximum absolute atomic E-state index is 13.2. The molecule has 0 aliphatic carbocycles. The molecule has 0 bridgehead atoms. The van der Waals surface area contributed by atoms with Gasteiger partial charge in [0.15, 0.2) is 17.0 Å². The first-order valence-electron chi connectivity index (χ1n) is 14.7. The number of aromatic nitrogens is 4. The molecule has 2 aromatic heterocycles. The van der Waals surface area contributed by atoms with Gasteiger partial charge < -0.3 is 32.7 Å². The molecule has 0 spiro atoms. The summed E-state index contributed by atoms with van der Waals surface area (Å²) in [6.45, 7) is 0.999. The highest BCUT2D eigenvalue weighted by Crippen LogP contribution is 2.16. The van der Waals surface area contributed by atoms with Gasteiger partial charge in [-0.2, -0.15) is 9.97 Å². The van der Waals surface area contributed by atoms with E-state index in [1.54, 1.807) is 30.5 Å². The minimum absolute atomic E-state index is 0.0257. The van der Waals surface area contributed by atoms with Gasteiger partial charge in [0, 0.05) is 30.8 Å². The lowest BCUT2D eigenvalue weighted by Crippen LogP contribution is -2.47. The van der Waals surface area contributed by atoms with Crippen molar-refractivity contribution >= 4 is 46.3 Å². The molecule has 46 heavy (non-hydrogen) atoms. The van der Waals surface area contributed by atoms with Crippen molar-refractivity contribution in [3.8, 4) is 0 Å². The molecule has 3 aromatic carbocycles. The van der Waals surface area contributed by atoms with Crippen LogP contribution in [-0.4, -0.2) is 43.7 Å². The van der Waals surface area contributed by atoms with Crippen LogP contribution in [0.15, 0.2) is 91.1 Å². The van der Waals surface area contributed by atoms with E-state index in [9.17, 15) is 14.4 Å². The number of nitrogens with one attached hydrogen (secondary N) is 4. The molecular formula is C33H34N10O3. The van der Waals surface area contributed by atoms with Gasteiger partial charge in [0.1, 0.15) is 6.04 Å². The van der Waals surface area contributed by atoms with Crippen LogP contribution in [0.4, 0.5) is 17.5 Å². The van der Waals surface area contributed by atoms with Crippen molar-refractivity contribution in [1.29, 1.82) is 0 Å². The fraction of sp³-hybridized carbons (Fsp3) is 0.182. The molecule has 0 unspecified atom stereocenters. The molecule has 0 fully saturated rings. The maximum atomic E-state index is 13.2. The highest BCUT2D eigenvalue weighted by molar-refractivity contribution is 5.98. The molecule has 8 N–H and O–H groups in total. The van der Waals surface area contributed by atoms with E-state index in [1.807, 2.05) is 60.7 Å². The summed E-state index contributed by atoms with van der Waals surface area (Å²) < 4.78 is 0. The standard InChI is InChI=1S/C33H34N10O3/c34-29-28-30(43-33(35)42-29)38-20-25(40-28)19-36-24-13-11-23(12-14-24)31(45)41-26(32(46)39-18-22-9-5-2-6-10-22)15-16-27(44)37-17-21-7-3-1-4-8-21/h1-14,20,26,36H,15-19H2,(H,37,44)(H,39,46)(H,41,45)(H4,34,35,38,42,43)/t26-/m0/s1. The predicted octanol–water partition coefficient (Wildman–Crippen LogP) is 2.71. The number of amides is 3. The van der Waals surface area contributed by atoms with Crippen LogP contribution in [0.3, 0.4) is 0 Å². The monoisotopic (exact) mass is 618 g/mol. The quantitative estimate of drug-likeness (QED) is 0.114. The van der Waals surface area contributed by atoms with Crippen molar-refractivity contribution in [2.75, 3.05) is 16.8 Å². The number of carbonyl (C=O) groups excluding carboxylic acids is 3. The number of carbonyl (C=O) groups is 3. The van der Waals surface area contributed by atoms with Crippen molar-refractivity contribution in [3.63, 3.8) is 0 Å². The van der Waals surface area contributed by atoms with Gasteiger partial charge >= 0.3 is 0 Å². The number of anilines is 3. The van der Waals surface area contributed by atoms with E-state index in [-0.39, 0.29) is 36.4 Å². The van der Waals surface area contributed by atoms with Crippen molar-refractivity contribution in [2.45, 2.75) is 38.5 Å². The molecule has 0 saturated heterocycles. The third-order valence-electron chi connectivity index (χ3n) is 7.05. The topological polar surface area (TPSA) is 203 Å². The van der Waals surface area contributed by atoms with Gasteiger partial charge in [-0.15, -0.1) is 0 Å². The number of benzene rings is 3. The molecule has 3 amide bonds. The lowest BCUT2D eigenvalue weighted by molar-refractivity contribution is -0.124. The Hall–Kier alpha value is -6.11. The summed E-state index contributed by atoms with van der Waals surface area (Å²) in [5.74, 6) is -0.863. The second-order valence-electron chi connectivity index (χ2n) is 10.5. The minimum atomic E-state index is -0.922. The van der Waals surface area contributed by atoms with E-state index >= 15 is 0 Å². The Kier molecular flexibility index (Phi) is 10.3. The fourth-order valence-corrected chi connectivity index (χ4v) is 4.58. The fourth-order valence-electron chi connectivity index (χ4n) is 4.58. The van der Waals surface area contributed by atoms with E-state index in [4.69, 9.17) is 11.5 Å². The zero-order chi connectivity index (χ0) is 32.3. The third-order valence-corrected chi connectivity index (χ3v) is 7.05. The van der Waals surface area contributed by atoms with E-state index < -0.39 is 11.9 Å². The molecule has 5 rings (SSSR count). The normalized spacial score (nSPS) is 11.4. The predicted molar refractivity (Wildman–Crippen MR) is 175 cm³/mol. The minimum Gasteiger partial charge on any atom is -0.382 e. The number of rotatable bonds is 13. The molecule has 0 aliphatic heterocycles. The second kappa shape index (κ2) is 15.1. The van der Waals surface area contributed by atoms with E-state index in [2.05, 4.69) is 41.2 Å². The van der Waals surface area contributed by atoms with Gasteiger partial charge in [-0.1, -0.05) is 60.7 Å². The zero-order valence-electron chi connectivity index (χ0n) is 24.9. The van der Waals surface area contributed by atoms with Crippen LogP contribution in [0.2, 0.25) is 0 Å². The number of fused-ring (bicyclic) bond motifs is 1. The molecule has 0 saturated carbocycles. The Bertz CT molecular complexity index is 1800. The average Bonchev–Trinajstić information content (AvgIpc) is 3.08. The lowest BCUT2D eigenvalue weighted by Gasteiger charge is -2.19. The lowest BCUT2D eigenvalue weighted by atomic mass is 10.1. The first-order chi connectivity index (χ1) is 22.3. The first-order valence-corrected chi connectivity index (χ1v) is 14.7. The van der Waals surface area contributed by atoms with Crippen molar-refractivity contribution in [3.05, 3.63) is 114 Å². The molecule has 13 nitrogen and oxygen atoms in total. The second-order valence-corrected chi connectivity index (χ2v) is 10.5. The number of nitrogens with two attached hydrogens (primary N) is 2. The van der Waals surface area contributed by atoms with Crippen molar-refractivity contribution < 1.29 is 14.4 Å². The number of hydrogen-bond donors (Lipinski definition) is 6. The smallest absolute Gasteiger partial charge is 0.251 e. The number of hydrogen-bond acceptors (Lipinski definition) is 10. The summed E-state index contributed by atoms with van der Waals surface area (Å²) in [6.07, 6.45) is 1.75. The molecule has 234 valence electrons. The van der Waals surface area contributed by atoms with E-state index in [0.717, 1.165) is 16.8 Å². The highest BCUT2D eigenvalue weighted by atomic mass is 16.2. The van der Waals surface area contributed by atoms with Crippen LogP contribution < -0.4 is 32.7 Å². The summed E-state index contributed by atoms with van der Waals surface area (Å²) in [5.41, 5.74) is 15.8. The Morgan fingerprint density at radius 3 is 2.07 bits per heavy atom. The molecule has 0 aliphatic rings. The molecule has 1 atom stereocenters. The average molecular weight is 619 g/mol. The molecular weight excluding hydrogens is 584 g/mol. The van der Waals surface area contributed by atoms with Crippen LogP contribution >= 0.6 is 0 Å². The summed E-state index contributed by atoms with van der Waals surface area (Å²) in [4.78, 5) is 55.6. The van der Waals surface area contributed by atoms with E-state index in [0.29, 0.717) is 42.1 Å². The summed E-state index contributed by atoms with van der Waals surface area (Å²) in [7, 11) is 0. The van der Waals surface area contributed by atoms with Crippen LogP contribution in [0.5, 0.6) is 0 Å². The number of nitrogen functional groups attached to an aromatic ring is 2. The molecule has 0 radical (unpaired) electrons. The van der Waals surface area contributed by atoms with Crippen molar-refractivity contribution in [1.82, 2.24) is 35.9 Å². The molecule has 2 heterocycles. The van der Waals surface area contributed by atoms with Gasteiger partial charge in [-0.3, -0.25) is 14.4 Å². The van der Waals surface area contributed by atoms with Gasteiger partial charge in [0.2, 0.25) is 17.8 Å². The molecule has 13 heteroatoms. The van der Waals surface area contributed by atoms with Crippen molar-refractivity contribution in [2.24, 2.45) is 0 Å².